The molecule has 3 heteroatoms. The summed E-state index contributed by atoms with van der Waals surface area (Å²) in [5.41, 5.74) is 0. The molecule has 0 radical (unpaired) electrons. The SMILES string of the molecule is CCNC1CCCC1Cc1cc(Br)cs1. The molecule has 2 atom stereocenters. The Kier molecular flexibility index (Phi) is 4.23. The quantitative estimate of drug-likeness (QED) is 0.888. The standard InChI is InChI=1S/C12H18BrNS/c1-2-14-12-5-3-4-9(12)6-11-7-10(13)8-15-11/h7-9,12,14H,2-6H2,1H3. The van der Waals surface area contributed by atoms with Crippen molar-refractivity contribution in [3.8, 4) is 0 Å². The average Bonchev–Trinajstić information content (AvgIpc) is 2.78. The first-order valence-electron chi connectivity index (χ1n) is 5.76. The molecule has 1 fully saturated rings. The summed E-state index contributed by atoms with van der Waals surface area (Å²) in [6.07, 6.45) is 5.42. The van der Waals surface area contributed by atoms with Crippen molar-refractivity contribution in [3.63, 3.8) is 0 Å². The lowest BCUT2D eigenvalue weighted by Crippen LogP contribution is -2.32. The Hall–Kier alpha value is 0.140. The van der Waals surface area contributed by atoms with E-state index in [4.69, 9.17) is 0 Å². The zero-order chi connectivity index (χ0) is 10.7. The van der Waals surface area contributed by atoms with Crippen LogP contribution in [0, 0.1) is 5.92 Å². The van der Waals surface area contributed by atoms with Crippen LogP contribution in [0.1, 0.15) is 31.1 Å². The first-order chi connectivity index (χ1) is 7.29. The smallest absolute Gasteiger partial charge is 0.0285 e. The van der Waals surface area contributed by atoms with Crippen LogP contribution in [-0.4, -0.2) is 12.6 Å². The number of thiophene rings is 1. The Morgan fingerprint density at radius 2 is 2.40 bits per heavy atom. The van der Waals surface area contributed by atoms with Gasteiger partial charge in [-0.05, 0) is 53.7 Å². The molecule has 1 aromatic rings. The lowest BCUT2D eigenvalue weighted by molar-refractivity contribution is 0.408. The molecule has 1 nitrogen and oxygen atoms in total. The summed E-state index contributed by atoms with van der Waals surface area (Å²) in [4.78, 5) is 1.52. The van der Waals surface area contributed by atoms with Gasteiger partial charge in [-0.25, -0.2) is 0 Å². The van der Waals surface area contributed by atoms with Gasteiger partial charge in [-0.2, -0.15) is 0 Å². The van der Waals surface area contributed by atoms with Crippen molar-refractivity contribution in [1.29, 1.82) is 0 Å². The van der Waals surface area contributed by atoms with E-state index in [1.54, 1.807) is 0 Å². The molecule has 2 unspecified atom stereocenters. The van der Waals surface area contributed by atoms with Crippen LogP contribution < -0.4 is 5.32 Å². The van der Waals surface area contributed by atoms with Crippen molar-refractivity contribution in [1.82, 2.24) is 5.32 Å². The fourth-order valence-electron chi connectivity index (χ4n) is 2.53. The van der Waals surface area contributed by atoms with E-state index < -0.39 is 0 Å². The van der Waals surface area contributed by atoms with Gasteiger partial charge >= 0.3 is 0 Å². The van der Waals surface area contributed by atoms with E-state index in [1.165, 1.54) is 35.0 Å². The molecule has 1 heterocycles. The highest BCUT2D eigenvalue weighted by Gasteiger charge is 2.26. The summed E-state index contributed by atoms with van der Waals surface area (Å²) in [5, 5.41) is 5.80. The third-order valence-corrected chi connectivity index (χ3v) is 4.93. The molecule has 1 aromatic heterocycles. The zero-order valence-electron chi connectivity index (χ0n) is 9.13. The van der Waals surface area contributed by atoms with Crippen molar-refractivity contribution in [2.45, 2.75) is 38.6 Å². The Morgan fingerprint density at radius 1 is 1.53 bits per heavy atom. The Morgan fingerprint density at radius 3 is 3.07 bits per heavy atom. The molecular formula is C12H18BrNS. The molecule has 0 saturated heterocycles. The second-order valence-corrected chi connectivity index (χ2v) is 6.20. The Labute approximate surface area is 104 Å². The Balaban J connectivity index is 1.93. The Bertz CT molecular complexity index is 310. The topological polar surface area (TPSA) is 12.0 Å². The van der Waals surface area contributed by atoms with Crippen LogP contribution in [0.15, 0.2) is 15.9 Å². The minimum absolute atomic E-state index is 0.760. The maximum Gasteiger partial charge on any atom is 0.0285 e. The second-order valence-electron chi connectivity index (χ2n) is 4.29. The maximum atomic E-state index is 3.61. The summed E-state index contributed by atoms with van der Waals surface area (Å²) in [5.74, 6) is 0.857. The van der Waals surface area contributed by atoms with E-state index in [9.17, 15) is 0 Å². The number of nitrogens with one attached hydrogen (secondary N) is 1. The van der Waals surface area contributed by atoms with Gasteiger partial charge < -0.3 is 5.32 Å². The van der Waals surface area contributed by atoms with Crippen molar-refractivity contribution < 1.29 is 0 Å². The highest BCUT2D eigenvalue weighted by Crippen LogP contribution is 2.31. The first-order valence-corrected chi connectivity index (χ1v) is 7.43. The van der Waals surface area contributed by atoms with Crippen LogP contribution in [-0.2, 0) is 6.42 Å². The third-order valence-electron chi connectivity index (χ3n) is 3.21. The van der Waals surface area contributed by atoms with Gasteiger partial charge in [0.15, 0.2) is 0 Å². The largest absolute Gasteiger partial charge is 0.314 e. The van der Waals surface area contributed by atoms with Gasteiger partial charge in [0.1, 0.15) is 0 Å². The third kappa shape index (κ3) is 3.05. The highest BCUT2D eigenvalue weighted by molar-refractivity contribution is 9.10. The number of halogens is 1. The lowest BCUT2D eigenvalue weighted by atomic mass is 9.99. The molecule has 0 aliphatic heterocycles. The molecule has 84 valence electrons. The van der Waals surface area contributed by atoms with Gasteiger partial charge in [0.2, 0.25) is 0 Å². The molecule has 0 bridgehead atoms. The van der Waals surface area contributed by atoms with Gasteiger partial charge in [-0.1, -0.05) is 13.3 Å². The van der Waals surface area contributed by atoms with Gasteiger partial charge in [0, 0.05) is 20.8 Å². The van der Waals surface area contributed by atoms with Crippen molar-refractivity contribution in [2.75, 3.05) is 6.54 Å². The fourth-order valence-corrected chi connectivity index (χ4v) is 4.08. The molecule has 0 amide bonds. The summed E-state index contributed by atoms with van der Waals surface area (Å²) in [6.45, 7) is 3.31. The van der Waals surface area contributed by atoms with Crippen molar-refractivity contribution in [3.05, 3.63) is 20.8 Å². The molecular weight excluding hydrogens is 270 g/mol. The van der Waals surface area contributed by atoms with E-state index >= 15 is 0 Å². The number of rotatable bonds is 4. The average molecular weight is 288 g/mol. The molecule has 1 saturated carbocycles. The van der Waals surface area contributed by atoms with Crippen molar-refractivity contribution in [2.24, 2.45) is 5.92 Å². The van der Waals surface area contributed by atoms with Crippen LogP contribution >= 0.6 is 27.3 Å². The maximum absolute atomic E-state index is 3.61. The van der Waals surface area contributed by atoms with Crippen LogP contribution in [0.25, 0.3) is 0 Å². The van der Waals surface area contributed by atoms with Crippen molar-refractivity contribution >= 4 is 27.3 Å². The van der Waals surface area contributed by atoms with E-state index in [-0.39, 0.29) is 0 Å². The minimum Gasteiger partial charge on any atom is -0.314 e. The molecule has 0 spiro atoms. The second kappa shape index (κ2) is 5.46. The van der Waals surface area contributed by atoms with Gasteiger partial charge in [0.25, 0.3) is 0 Å². The fraction of sp³-hybridized carbons (Fsp3) is 0.667. The molecule has 0 aromatic carbocycles. The van der Waals surface area contributed by atoms with E-state index in [2.05, 4.69) is 39.6 Å². The lowest BCUT2D eigenvalue weighted by Gasteiger charge is -2.19. The van der Waals surface area contributed by atoms with Crippen LogP contribution in [0.3, 0.4) is 0 Å². The van der Waals surface area contributed by atoms with E-state index in [0.717, 1.165) is 18.5 Å². The molecule has 15 heavy (non-hydrogen) atoms. The molecule has 2 rings (SSSR count). The van der Waals surface area contributed by atoms with E-state index in [1.807, 2.05) is 11.3 Å². The minimum atomic E-state index is 0.760. The van der Waals surface area contributed by atoms with Gasteiger partial charge in [-0.15, -0.1) is 11.3 Å². The summed E-state index contributed by atoms with van der Waals surface area (Å²) >= 11 is 5.40. The van der Waals surface area contributed by atoms with Crippen LogP contribution in [0.5, 0.6) is 0 Å². The van der Waals surface area contributed by atoms with Gasteiger partial charge in [0.05, 0.1) is 0 Å². The monoisotopic (exact) mass is 287 g/mol. The predicted molar refractivity (Wildman–Crippen MR) is 70.5 cm³/mol. The van der Waals surface area contributed by atoms with Crippen LogP contribution in [0.2, 0.25) is 0 Å². The molecule has 1 N–H and O–H groups in total. The van der Waals surface area contributed by atoms with Gasteiger partial charge in [-0.3, -0.25) is 0 Å². The normalized spacial score (nSPS) is 26.0. The van der Waals surface area contributed by atoms with E-state index in [0.29, 0.717) is 0 Å². The number of hydrogen-bond donors (Lipinski definition) is 1. The zero-order valence-corrected chi connectivity index (χ0v) is 11.5. The molecule has 1 aliphatic carbocycles. The highest BCUT2D eigenvalue weighted by atomic mass is 79.9. The predicted octanol–water partition coefficient (Wildman–Crippen LogP) is 3.83. The summed E-state index contributed by atoms with van der Waals surface area (Å²) < 4.78 is 1.24. The molecule has 1 aliphatic rings. The first kappa shape index (κ1) is 11.6. The number of hydrogen-bond acceptors (Lipinski definition) is 2. The summed E-state index contributed by atoms with van der Waals surface area (Å²) in [6, 6.07) is 3.03. The summed E-state index contributed by atoms with van der Waals surface area (Å²) in [7, 11) is 0. The van der Waals surface area contributed by atoms with Crippen LogP contribution in [0.4, 0.5) is 0 Å².